The predicted octanol–water partition coefficient (Wildman–Crippen LogP) is 2.35. The summed E-state index contributed by atoms with van der Waals surface area (Å²) in [6, 6.07) is 17.2. The molecule has 0 aliphatic carbocycles. The van der Waals surface area contributed by atoms with E-state index >= 15 is 0 Å². The van der Waals surface area contributed by atoms with E-state index in [4.69, 9.17) is 9.47 Å². The van der Waals surface area contributed by atoms with Crippen LogP contribution in [0.2, 0.25) is 0 Å². The highest BCUT2D eigenvalue weighted by Crippen LogP contribution is 2.21. The first kappa shape index (κ1) is 21.0. The highest BCUT2D eigenvalue weighted by Gasteiger charge is 2.09. The number of ether oxygens (including phenoxy) is 3. The van der Waals surface area contributed by atoms with Crippen molar-refractivity contribution in [2.75, 3.05) is 26.9 Å². The number of hydrogen-bond acceptors (Lipinski definition) is 6. The summed E-state index contributed by atoms with van der Waals surface area (Å²) in [6.07, 6.45) is 0.669. The van der Waals surface area contributed by atoms with Crippen LogP contribution < -0.4 is 10.1 Å². The smallest absolute Gasteiger partial charge is 0.344 e. The minimum Gasteiger partial charge on any atom is -0.482 e. The average Bonchev–Trinajstić information content (AvgIpc) is 2.74. The van der Waals surface area contributed by atoms with E-state index < -0.39 is 18.5 Å². The van der Waals surface area contributed by atoms with Crippen molar-refractivity contribution in [1.82, 2.24) is 5.32 Å². The molecule has 0 bridgehead atoms. The molecule has 0 unspecified atom stereocenters. The molecule has 7 heteroatoms. The van der Waals surface area contributed by atoms with Crippen LogP contribution in [0.1, 0.15) is 12.8 Å². The van der Waals surface area contributed by atoms with Crippen molar-refractivity contribution >= 4 is 17.8 Å². The van der Waals surface area contributed by atoms with Gasteiger partial charge in [-0.3, -0.25) is 9.59 Å². The largest absolute Gasteiger partial charge is 0.482 e. The maximum atomic E-state index is 11.7. The molecule has 0 radical (unpaired) electrons. The van der Waals surface area contributed by atoms with Crippen molar-refractivity contribution in [3.63, 3.8) is 0 Å². The van der Waals surface area contributed by atoms with Crippen LogP contribution in [0.5, 0.6) is 5.75 Å². The Labute approximate surface area is 163 Å². The van der Waals surface area contributed by atoms with Crippen LogP contribution in [0.25, 0.3) is 11.1 Å². The van der Waals surface area contributed by atoms with E-state index in [1.807, 2.05) is 42.5 Å². The molecule has 1 N–H and O–H groups in total. The maximum Gasteiger partial charge on any atom is 0.344 e. The number of methoxy groups -OCH3 is 1. The molecule has 148 valence electrons. The first-order chi connectivity index (χ1) is 13.6. The van der Waals surface area contributed by atoms with E-state index in [1.165, 1.54) is 7.11 Å². The molecular weight excluding hydrogens is 362 g/mol. The first-order valence-electron chi connectivity index (χ1n) is 8.86. The van der Waals surface area contributed by atoms with Gasteiger partial charge in [0.1, 0.15) is 5.75 Å². The van der Waals surface area contributed by atoms with Crippen LogP contribution in [0.4, 0.5) is 0 Å². The van der Waals surface area contributed by atoms with Gasteiger partial charge in [0.15, 0.2) is 13.2 Å². The van der Waals surface area contributed by atoms with Gasteiger partial charge in [-0.15, -0.1) is 0 Å². The van der Waals surface area contributed by atoms with Crippen molar-refractivity contribution < 1.29 is 28.6 Å². The van der Waals surface area contributed by atoms with Crippen molar-refractivity contribution in [3.8, 4) is 16.9 Å². The molecule has 2 rings (SSSR count). The molecule has 28 heavy (non-hydrogen) atoms. The molecule has 0 aliphatic heterocycles. The summed E-state index contributed by atoms with van der Waals surface area (Å²) in [4.78, 5) is 34.2. The Morgan fingerprint density at radius 2 is 1.54 bits per heavy atom. The summed E-state index contributed by atoms with van der Waals surface area (Å²) >= 11 is 0. The van der Waals surface area contributed by atoms with Crippen LogP contribution in [-0.4, -0.2) is 44.7 Å². The summed E-state index contributed by atoms with van der Waals surface area (Å²) in [6.45, 7) is -0.386. The fraction of sp³-hybridized carbons (Fsp3) is 0.286. The minimum absolute atomic E-state index is 0.216. The lowest BCUT2D eigenvalue weighted by atomic mass is 10.1. The molecule has 0 saturated carbocycles. The Morgan fingerprint density at radius 3 is 2.21 bits per heavy atom. The van der Waals surface area contributed by atoms with Crippen LogP contribution in [0, 0.1) is 0 Å². The van der Waals surface area contributed by atoms with Gasteiger partial charge in [0.05, 0.1) is 7.11 Å². The molecular formula is C21H23NO6. The number of nitrogens with one attached hydrogen (secondary N) is 1. The van der Waals surface area contributed by atoms with E-state index in [-0.39, 0.29) is 19.0 Å². The molecule has 0 aromatic heterocycles. The van der Waals surface area contributed by atoms with E-state index in [0.717, 1.165) is 11.1 Å². The molecule has 0 fully saturated rings. The summed E-state index contributed by atoms with van der Waals surface area (Å²) in [5.74, 6) is -0.888. The fourth-order valence-electron chi connectivity index (χ4n) is 2.32. The highest BCUT2D eigenvalue weighted by atomic mass is 16.6. The first-order valence-corrected chi connectivity index (χ1v) is 8.86. The maximum absolute atomic E-state index is 11.7. The number of amides is 1. The lowest BCUT2D eigenvalue weighted by Gasteiger charge is -2.08. The zero-order valence-electron chi connectivity index (χ0n) is 15.7. The van der Waals surface area contributed by atoms with E-state index in [1.54, 1.807) is 12.1 Å². The third kappa shape index (κ3) is 7.49. The standard InChI is InChI=1S/C21H23NO6/c1-26-20(24)8-5-13-22-19(23)14-28-21(25)15-27-18-11-9-17(10-12-18)16-6-3-2-4-7-16/h2-4,6-7,9-12H,5,8,13-15H2,1H3,(H,22,23). The Balaban J connectivity index is 1.64. The van der Waals surface area contributed by atoms with Crippen molar-refractivity contribution in [3.05, 3.63) is 54.6 Å². The van der Waals surface area contributed by atoms with Gasteiger partial charge in [0.25, 0.3) is 5.91 Å². The SMILES string of the molecule is COC(=O)CCCNC(=O)COC(=O)COc1ccc(-c2ccccc2)cc1. The molecule has 0 atom stereocenters. The van der Waals surface area contributed by atoms with Gasteiger partial charge in [-0.25, -0.2) is 4.79 Å². The molecule has 0 aliphatic rings. The fourth-order valence-corrected chi connectivity index (χ4v) is 2.32. The van der Waals surface area contributed by atoms with Gasteiger partial charge in [0, 0.05) is 13.0 Å². The number of hydrogen-bond donors (Lipinski definition) is 1. The van der Waals surface area contributed by atoms with Gasteiger partial charge in [0.2, 0.25) is 0 Å². The minimum atomic E-state index is -0.642. The second kappa shape index (κ2) is 11.4. The zero-order valence-corrected chi connectivity index (χ0v) is 15.7. The molecule has 7 nitrogen and oxygen atoms in total. The quantitative estimate of drug-likeness (QED) is 0.499. The number of carbonyl (C=O) groups is 3. The zero-order chi connectivity index (χ0) is 20.2. The van der Waals surface area contributed by atoms with Gasteiger partial charge in [-0.2, -0.15) is 0 Å². The number of esters is 2. The highest BCUT2D eigenvalue weighted by molar-refractivity contribution is 5.81. The Kier molecular flexibility index (Phi) is 8.52. The lowest BCUT2D eigenvalue weighted by molar-refractivity contribution is -0.150. The number of benzene rings is 2. The summed E-state index contributed by atoms with van der Waals surface area (Å²) in [5.41, 5.74) is 2.13. The second-order valence-corrected chi connectivity index (χ2v) is 5.87. The predicted molar refractivity (Wildman–Crippen MR) is 103 cm³/mol. The Bertz CT molecular complexity index is 773. The number of carbonyl (C=O) groups excluding carboxylic acids is 3. The van der Waals surface area contributed by atoms with Crippen LogP contribution in [-0.2, 0) is 23.9 Å². The second-order valence-electron chi connectivity index (χ2n) is 5.87. The van der Waals surface area contributed by atoms with Crippen LogP contribution in [0.15, 0.2) is 54.6 Å². The summed E-state index contributed by atoms with van der Waals surface area (Å²) in [5, 5.41) is 2.55. The molecule has 0 saturated heterocycles. The van der Waals surface area contributed by atoms with Crippen molar-refractivity contribution in [2.45, 2.75) is 12.8 Å². The van der Waals surface area contributed by atoms with Gasteiger partial charge in [-0.1, -0.05) is 42.5 Å². The average molecular weight is 385 g/mol. The van der Waals surface area contributed by atoms with Gasteiger partial charge >= 0.3 is 11.9 Å². The van der Waals surface area contributed by atoms with E-state index in [2.05, 4.69) is 10.1 Å². The molecule has 2 aromatic carbocycles. The third-order valence-electron chi connectivity index (χ3n) is 3.79. The normalized spacial score (nSPS) is 10.0. The topological polar surface area (TPSA) is 90.9 Å². The van der Waals surface area contributed by atoms with Crippen LogP contribution >= 0.6 is 0 Å². The molecule has 0 spiro atoms. The third-order valence-corrected chi connectivity index (χ3v) is 3.79. The van der Waals surface area contributed by atoms with E-state index in [9.17, 15) is 14.4 Å². The molecule has 1 amide bonds. The Hall–Kier alpha value is -3.35. The van der Waals surface area contributed by atoms with Crippen LogP contribution in [0.3, 0.4) is 0 Å². The van der Waals surface area contributed by atoms with Gasteiger partial charge in [-0.05, 0) is 29.7 Å². The van der Waals surface area contributed by atoms with Crippen molar-refractivity contribution in [1.29, 1.82) is 0 Å². The Morgan fingerprint density at radius 1 is 0.857 bits per heavy atom. The number of rotatable bonds is 10. The van der Waals surface area contributed by atoms with E-state index in [0.29, 0.717) is 18.7 Å². The summed E-state index contributed by atoms with van der Waals surface area (Å²) < 4.78 is 14.7. The summed E-state index contributed by atoms with van der Waals surface area (Å²) in [7, 11) is 1.31. The van der Waals surface area contributed by atoms with Gasteiger partial charge < -0.3 is 19.5 Å². The molecule has 0 heterocycles. The monoisotopic (exact) mass is 385 g/mol. The lowest BCUT2D eigenvalue weighted by Crippen LogP contribution is -2.30. The van der Waals surface area contributed by atoms with Crippen molar-refractivity contribution in [2.24, 2.45) is 0 Å². The molecule has 2 aromatic rings.